The molecule has 0 aliphatic carbocycles. The number of hydrogen-bond donors (Lipinski definition) is 2. The second-order valence-corrected chi connectivity index (χ2v) is 6.44. The Morgan fingerprint density at radius 2 is 2.04 bits per heavy atom. The van der Waals surface area contributed by atoms with Crippen molar-refractivity contribution in [3.8, 4) is 11.5 Å². The number of nitrogens with one attached hydrogen (secondary N) is 2. The predicted octanol–water partition coefficient (Wildman–Crippen LogP) is 3.20. The highest BCUT2D eigenvalue weighted by atomic mass is 16.7. The molecule has 1 aliphatic heterocycles. The summed E-state index contributed by atoms with van der Waals surface area (Å²) in [5, 5.41) is 6.21. The minimum atomic E-state index is -0.0973. The number of benzene rings is 1. The van der Waals surface area contributed by atoms with Crippen LogP contribution >= 0.6 is 0 Å². The maximum absolute atomic E-state index is 12.2. The van der Waals surface area contributed by atoms with Gasteiger partial charge in [-0.15, -0.1) is 0 Å². The van der Waals surface area contributed by atoms with E-state index in [-0.39, 0.29) is 12.7 Å². The molecular weight excluding hydrogens is 318 g/mol. The summed E-state index contributed by atoms with van der Waals surface area (Å²) in [6.07, 6.45) is 4.25. The van der Waals surface area contributed by atoms with E-state index in [9.17, 15) is 4.79 Å². The number of ether oxygens (including phenoxy) is 2. The first-order valence-electron chi connectivity index (χ1n) is 8.47. The van der Waals surface area contributed by atoms with Gasteiger partial charge in [0.1, 0.15) is 0 Å². The Bertz CT molecular complexity index is 746. The van der Waals surface area contributed by atoms with Crippen LogP contribution in [0.1, 0.15) is 36.2 Å². The summed E-state index contributed by atoms with van der Waals surface area (Å²) in [7, 11) is 0. The highest BCUT2D eigenvalue weighted by molar-refractivity contribution is 5.94. The number of amides is 1. The number of carbonyl (C=O) groups is 1. The van der Waals surface area contributed by atoms with Crippen molar-refractivity contribution in [2.75, 3.05) is 18.7 Å². The lowest BCUT2D eigenvalue weighted by Gasteiger charge is -2.10. The van der Waals surface area contributed by atoms with Crippen molar-refractivity contribution in [2.24, 2.45) is 5.92 Å². The molecule has 25 heavy (non-hydrogen) atoms. The molecule has 1 aliphatic rings. The third-order valence-corrected chi connectivity index (χ3v) is 3.94. The Morgan fingerprint density at radius 3 is 2.88 bits per heavy atom. The van der Waals surface area contributed by atoms with E-state index in [4.69, 9.17) is 9.47 Å². The van der Waals surface area contributed by atoms with Gasteiger partial charge in [-0.3, -0.25) is 9.78 Å². The van der Waals surface area contributed by atoms with Gasteiger partial charge in [-0.05, 0) is 36.1 Å². The van der Waals surface area contributed by atoms with Crippen LogP contribution in [0.3, 0.4) is 0 Å². The summed E-state index contributed by atoms with van der Waals surface area (Å²) in [6, 6.07) is 7.64. The van der Waals surface area contributed by atoms with Crippen molar-refractivity contribution in [1.82, 2.24) is 10.3 Å². The highest BCUT2D eigenvalue weighted by Gasteiger charge is 2.13. The summed E-state index contributed by atoms with van der Waals surface area (Å²) in [5.74, 6) is 1.99. The Hall–Kier alpha value is -2.76. The van der Waals surface area contributed by atoms with Crippen molar-refractivity contribution in [1.29, 1.82) is 0 Å². The van der Waals surface area contributed by atoms with Gasteiger partial charge in [-0.1, -0.05) is 19.9 Å². The minimum Gasteiger partial charge on any atom is -0.454 e. The van der Waals surface area contributed by atoms with Gasteiger partial charge in [0, 0.05) is 25.5 Å². The number of rotatable bonds is 7. The molecule has 1 aromatic heterocycles. The van der Waals surface area contributed by atoms with E-state index in [0.717, 1.165) is 29.2 Å². The van der Waals surface area contributed by atoms with Gasteiger partial charge < -0.3 is 20.1 Å². The molecule has 0 saturated carbocycles. The van der Waals surface area contributed by atoms with Gasteiger partial charge in [-0.2, -0.15) is 0 Å². The van der Waals surface area contributed by atoms with Crippen molar-refractivity contribution in [3.05, 3.63) is 47.8 Å². The van der Waals surface area contributed by atoms with Gasteiger partial charge in [0.05, 0.1) is 11.3 Å². The quantitative estimate of drug-likeness (QED) is 0.809. The third-order valence-electron chi connectivity index (χ3n) is 3.94. The van der Waals surface area contributed by atoms with Crippen LogP contribution < -0.4 is 20.1 Å². The Balaban J connectivity index is 1.57. The molecule has 0 atom stereocenters. The maximum Gasteiger partial charge on any atom is 0.252 e. The van der Waals surface area contributed by atoms with E-state index in [1.165, 1.54) is 0 Å². The second-order valence-electron chi connectivity index (χ2n) is 6.44. The molecule has 3 rings (SSSR count). The zero-order chi connectivity index (χ0) is 17.6. The zero-order valence-electron chi connectivity index (χ0n) is 14.5. The zero-order valence-corrected chi connectivity index (χ0v) is 14.5. The number of aromatic nitrogens is 1. The molecule has 2 heterocycles. The highest BCUT2D eigenvalue weighted by Crippen LogP contribution is 2.32. The fraction of sp³-hybridized carbons (Fsp3) is 0.368. The standard InChI is InChI=1S/C19H23N3O3/c1-13(2)5-6-21-19(23)15-8-16(11-20-10-15)22-9-14-3-4-17-18(7-14)25-12-24-17/h3-4,7-8,10-11,13,22H,5-6,9,12H2,1-2H3,(H,21,23). The van der Waals surface area contributed by atoms with Gasteiger partial charge in [0.15, 0.2) is 11.5 Å². The maximum atomic E-state index is 12.2. The molecule has 1 amide bonds. The molecule has 6 heteroatoms. The lowest BCUT2D eigenvalue weighted by atomic mass is 10.1. The van der Waals surface area contributed by atoms with E-state index < -0.39 is 0 Å². The third kappa shape index (κ3) is 4.62. The van der Waals surface area contributed by atoms with E-state index in [1.807, 2.05) is 24.3 Å². The van der Waals surface area contributed by atoms with E-state index in [0.29, 0.717) is 24.6 Å². The van der Waals surface area contributed by atoms with Gasteiger partial charge >= 0.3 is 0 Å². The van der Waals surface area contributed by atoms with Crippen LogP contribution in [0.15, 0.2) is 36.7 Å². The number of pyridine rings is 1. The number of nitrogens with zero attached hydrogens (tertiary/aromatic N) is 1. The normalized spacial score (nSPS) is 12.3. The largest absolute Gasteiger partial charge is 0.454 e. The Labute approximate surface area is 147 Å². The van der Waals surface area contributed by atoms with Crippen LogP contribution in [0.25, 0.3) is 0 Å². The predicted molar refractivity (Wildman–Crippen MR) is 95.9 cm³/mol. The van der Waals surface area contributed by atoms with Crippen LogP contribution in [0, 0.1) is 5.92 Å². The molecule has 1 aromatic carbocycles. The summed E-state index contributed by atoms with van der Waals surface area (Å²) in [6.45, 7) is 5.81. The summed E-state index contributed by atoms with van der Waals surface area (Å²) < 4.78 is 10.7. The first kappa shape index (κ1) is 17.1. The number of hydrogen-bond acceptors (Lipinski definition) is 5. The number of fused-ring (bicyclic) bond motifs is 1. The topological polar surface area (TPSA) is 72.5 Å². The molecule has 0 unspecified atom stereocenters. The molecular formula is C19H23N3O3. The van der Waals surface area contributed by atoms with E-state index >= 15 is 0 Å². The molecule has 0 saturated heterocycles. The number of carbonyl (C=O) groups excluding carboxylic acids is 1. The van der Waals surface area contributed by atoms with Crippen LogP contribution in [0.4, 0.5) is 5.69 Å². The smallest absolute Gasteiger partial charge is 0.252 e. The first-order chi connectivity index (χ1) is 12.1. The summed E-state index contributed by atoms with van der Waals surface area (Å²) in [4.78, 5) is 16.3. The Morgan fingerprint density at radius 1 is 1.20 bits per heavy atom. The SMILES string of the molecule is CC(C)CCNC(=O)c1cncc(NCc2ccc3c(c2)OCO3)c1. The molecule has 0 spiro atoms. The van der Waals surface area contributed by atoms with Gasteiger partial charge in [0.25, 0.3) is 5.91 Å². The molecule has 0 fully saturated rings. The second kappa shape index (κ2) is 7.88. The average Bonchev–Trinajstić information content (AvgIpc) is 3.07. The van der Waals surface area contributed by atoms with Gasteiger partial charge in [-0.25, -0.2) is 0 Å². The monoisotopic (exact) mass is 341 g/mol. The van der Waals surface area contributed by atoms with Crippen LogP contribution in [-0.4, -0.2) is 24.2 Å². The summed E-state index contributed by atoms with van der Waals surface area (Å²) >= 11 is 0. The number of anilines is 1. The fourth-order valence-corrected chi connectivity index (χ4v) is 2.49. The average molecular weight is 341 g/mol. The van der Waals surface area contributed by atoms with Crippen LogP contribution in [0.2, 0.25) is 0 Å². The van der Waals surface area contributed by atoms with Crippen molar-refractivity contribution >= 4 is 11.6 Å². The summed E-state index contributed by atoms with van der Waals surface area (Å²) in [5.41, 5.74) is 2.42. The van der Waals surface area contributed by atoms with Crippen LogP contribution in [0.5, 0.6) is 11.5 Å². The van der Waals surface area contributed by atoms with E-state index in [2.05, 4.69) is 29.5 Å². The molecule has 2 aromatic rings. The van der Waals surface area contributed by atoms with Crippen molar-refractivity contribution in [2.45, 2.75) is 26.8 Å². The lowest BCUT2D eigenvalue weighted by Crippen LogP contribution is -2.25. The Kier molecular flexibility index (Phi) is 5.38. The molecule has 0 bridgehead atoms. The molecule has 6 nitrogen and oxygen atoms in total. The van der Waals surface area contributed by atoms with Crippen molar-refractivity contribution in [3.63, 3.8) is 0 Å². The lowest BCUT2D eigenvalue weighted by molar-refractivity contribution is 0.0951. The van der Waals surface area contributed by atoms with E-state index in [1.54, 1.807) is 12.4 Å². The fourth-order valence-electron chi connectivity index (χ4n) is 2.49. The first-order valence-corrected chi connectivity index (χ1v) is 8.47. The van der Waals surface area contributed by atoms with Crippen LogP contribution in [-0.2, 0) is 6.54 Å². The van der Waals surface area contributed by atoms with Gasteiger partial charge in [0.2, 0.25) is 6.79 Å². The molecule has 2 N–H and O–H groups in total. The minimum absolute atomic E-state index is 0.0973. The van der Waals surface area contributed by atoms with Crippen molar-refractivity contribution < 1.29 is 14.3 Å². The molecule has 132 valence electrons. The molecule has 0 radical (unpaired) electrons.